The van der Waals surface area contributed by atoms with Crippen LogP contribution in [-0.2, 0) is 21.9 Å². The molecule has 1 N–H and O–H groups in total. The molecule has 2 aromatic carbocycles. The first-order valence-electron chi connectivity index (χ1n) is 9.12. The summed E-state index contributed by atoms with van der Waals surface area (Å²) in [6, 6.07) is 16.3. The van der Waals surface area contributed by atoms with Crippen LogP contribution in [0.25, 0.3) is 0 Å². The third-order valence-electron chi connectivity index (χ3n) is 4.19. The van der Waals surface area contributed by atoms with Gasteiger partial charge in [-0.15, -0.1) is 11.8 Å². The average Bonchev–Trinajstić information content (AvgIpc) is 2.70. The van der Waals surface area contributed by atoms with Gasteiger partial charge in [-0.3, -0.25) is 9.59 Å². The lowest BCUT2D eigenvalue weighted by Crippen LogP contribution is -2.40. The number of halogens is 3. The highest BCUT2D eigenvalue weighted by molar-refractivity contribution is 7.99. The van der Waals surface area contributed by atoms with E-state index in [4.69, 9.17) is 0 Å². The molecule has 0 fully saturated rings. The monoisotopic (exact) mass is 424 g/mol. The Balaban J connectivity index is 1.96. The molecule has 156 valence electrons. The van der Waals surface area contributed by atoms with Crippen molar-refractivity contribution in [2.24, 2.45) is 0 Å². The molecule has 29 heavy (non-hydrogen) atoms. The Labute approximate surface area is 172 Å². The summed E-state index contributed by atoms with van der Waals surface area (Å²) in [4.78, 5) is 24.6. The predicted molar refractivity (Wildman–Crippen MR) is 109 cm³/mol. The zero-order chi connectivity index (χ0) is 21.4. The lowest BCUT2D eigenvalue weighted by molar-refractivity contribution is -0.185. The van der Waals surface area contributed by atoms with Crippen LogP contribution in [0.15, 0.2) is 54.6 Å². The highest BCUT2D eigenvalue weighted by Crippen LogP contribution is 2.22. The van der Waals surface area contributed by atoms with Gasteiger partial charge in [0.2, 0.25) is 5.91 Å². The normalized spacial score (nSPS) is 12.3. The topological polar surface area (TPSA) is 49.4 Å². The van der Waals surface area contributed by atoms with Gasteiger partial charge in [-0.25, -0.2) is 0 Å². The van der Waals surface area contributed by atoms with E-state index in [-0.39, 0.29) is 24.2 Å². The number of hydrogen-bond donors (Lipinski definition) is 1. The van der Waals surface area contributed by atoms with E-state index < -0.39 is 12.1 Å². The summed E-state index contributed by atoms with van der Waals surface area (Å²) in [7, 11) is 0. The van der Waals surface area contributed by atoms with E-state index in [1.54, 1.807) is 31.2 Å². The summed E-state index contributed by atoms with van der Waals surface area (Å²) >= 11 is 1.49. The molecular formula is C21H23F3N2O2S. The van der Waals surface area contributed by atoms with Gasteiger partial charge in [0.05, 0.1) is 5.25 Å². The van der Waals surface area contributed by atoms with Crippen LogP contribution in [0.5, 0.6) is 0 Å². The zero-order valence-corrected chi connectivity index (χ0v) is 17.0. The molecule has 0 bridgehead atoms. The largest absolute Gasteiger partial charge is 0.471 e. The molecule has 2 rings (SSSR count). The van der Waals surface area contributed by atoms with Crippen LogP contribution in [0.3, 0.4) is 0 Å². The lowest BCUT2D eigenvalue weighted by atomic mass is 10.2. The van der Waals surface area contributed by atoms with Crippen molar-refractivity contribution < 1.29 is 22.8 Å². The Bertz CT molecular complexity index is 828. The third kappa shape index (κ3) is 7.12. The van der Waals surface area contributed by atoms with Crippen LogP contribution in [-0.4, -0.2) is 34.7 Å². The number of carbonyl (C=O) groups is 2. The molecule has 2 amide bonds. The number of nitrogens with one attached hydrogen (secondary N) is 1. The quantitative estimate of drug-likeness (QED) is 0.659. The molecule has 2 aromatic rings. The molecule has 0 unspecified atom stereocenters. The van der Waals surface area contributed by atoms with Gasteiger partial charge in [-0.1, -0.05) is 42.5 Å². The fourth-order valence-corrected chi connectivity index (χ4v) is 3.43. The summed E-state index contributed by atoms with van der Waals surface area (Å²) in [6.07, 6.45) is -4.91. The van der Waals surface area contributed by atoms with E-state index in [0.717, 1.165) is 10.5 Å². The Morgan fingerprint density at radius 2 is 1.72 bits per heavy atom. The number of rotatable bonds is 8. The lowest BCUT2D eigenvalue weighted by Gasteiger charge is -2.22. The molecule has 1 atom stereocenters. The first-order chi connectivity index (χ1) is 13.7. The second-order valence-electron chi connectivity index (χ2n) is 6.45. The van der Waals surface area contributed by atoms with Crippen molar-refractivity contribution in [3.63, 3.8) is 0 Å². The predicted octanol–water partition coefficient (Wildman–Crippen LogP) is 4.86. The van der Waals surface area contributed by atoms with Gasteiger partial charge in [0.15, 0.2) is 0 Å². The van der Waals surface area contributed by atoms with E-state index in [9.17, 15) is 22.8 Å². The second-order valence-corrected chi connectivity index (χ2v) is 7.77. The number of thioether (sulfide) groups is 1. The molecule has 0 aliphatic carbocycles. The summed E-state index contributed by atoms with van der Waals surface area (Å²) in [5, 5.41) is 2.48. The maximum atomic E-state index is 12.7. The molecule has 0 heterocycles. The van der Waals surface area contributed by atoms with E-state index in [2.05, 4.69) is 5.32 Å². The van der Waals surface area contributed by atoms with Gasteiger partial charge in [-0.2, -0.15) is 13.2 Å². The summed E-state index contributed by atoms with van der Waals surface area (Å²) < 4.78 is 38.0. The number of anilines is 1. The fourth-order valence-electron chi connectivity index (χ4n) is 2.59. The van der Waals surface area contributed by atoms with Gasteiger partial charge >= 0.3 is 12.1 Å². The van der Waals surface area contributed by atoms with Crippen molar-refractivity contribution in [2.45, 2.75) is 37.6 Å². The van der Waals surface area contributed by atoms with Gasteiger partial charge in [-0.05, 0) is 37.1 Å². The molecule has 0 saturated carbocycles. The van der Waals surface area contributed by atoms with Crippen molar-refractivity contribution >= 4 is 29.3 Å². The third-order valence-corrected chi connectivity index (χ3v) is 5.41. The standard InChI is InChI=1S/C21H23F3N2O2S/c1-3-26(20(28)21(22,23)24)13-17-10-7-11-18(12-17)25-19(27)15(2)29-14-16-8-5-4-6-9-16/h4-12,15H,3,13-14H2,1-2H3,(H,25,27)/t15-/m1/s1. The van der Waals surface area contributed by atoms with Crippen molar-refractivity contribution in [3.8, 4) is 0 Å². The molecular weight excluding hydrogens is 401 g/mol. The summed E-state index contributed by atoms with van der Waals surface area (Å²) in [5.41, 5.74) is 2.11. The zero-order valence-electron chi connectivity index (χ0n) is 16.2. The van der Waals surface area contributed by atoms with E-state index in [1.807, 2.05) is 30.3 Å². The number of alkyl halides is 3. The van der Waals surface area contributed by atoms with Gasteiger partial charge in [0.25, 0.3) is 0 Å². The highest BCUT2D eigenvalue weighted by atomic mass is 32.2. The molecule has 0 spiro atoms. The van der Waals surface area contributed by atoms with E-state index >= 15 is 0 Å². The Kier molecular flexibility index (Phi) is 8.13. The average molecular weight is 424 g/mol. The molecule has 0 aliphatic heterocycles. The number of amides is 2. The SMILES string of the molecule is CCN(Cc1cccc(NC(=O)[C@@H](C)SCc2ccccc2)c1)C(=O)C(F)(F)F. The van der Waals surface area contributed by atoms with Crippen LogP contribution >= 0.6 is 11.8 Å². The summed E-state index contributed by atoms with van der Waals surface area (Å²) in [5.74, 6) is -1.37. The van der Waals surface area contributed by atoms with Crippen LogP contribution in [0, 0.1) is 0 Å². The minimum Gasteiger partial charge on any atom is -0.331 e. The van der Waals surface area contributed by atoms with Gasteiger partial charge in [0, 0.05) is 24.5 Å². The van der Waals surface area contributed by atoms with Crippen molar-refractivity contribution in [3.05, 3.63) is 65.7 Å². The maximum Gasteiger partial charge on any atom is 0.471 e. The second kappa shape index (κ2) is 10.3. The fraction of sp³-hybridized carbons (Fsp3) is 0.333. The number of nitrogens with zero attached hydrogens (tertiary/aromatic N) is 1. The Hall–Kier alpha value is -2.48. The van der Waals surface area contributed by atoms with Crippen LogP contribution < -0.4 is 5.32 Å². The van der Waals surface area contributed by atoms with Crippen molar-refractivity contribution in [1.29, 1.82) is 0 Å². The van der Waals surface area contributed by atoms with Crippen LogP contribution in [0.2, 0.25) is 0 Å². The minimum absolute atomic E-state index is 0.0674. The molecule has 0 radical (unpaired) electrons. The first kappa shape index (κ1) is 22.8. The Morgan fingerprint density at radius 3 is 2.34 bits per heavy atom. The minimum atomic E-state index is -4.91. The van der Waals surface area contributed by atoms with Crippen molar-refractivity contribution in [1.82, 2.24) is 4.90 Å². The van der Waals surface area contributed by atoms with Gasteiger partial charge < -0.3 is 10.2 Å². The van der Waals surface area contributed by atoms with Gasteiger partial charge in [0.1, 0.15) is 0 Å². The number of hydrogen-bond acceptors (Lipinski definition) is 3. The van der Waals surface area contributed by atoms with E-state index in [0.29, 0.717) is 17.0 Å². The first-order valence-corrected chi connectivity index (χ1v) is 10.2. The molecule has 0 aliphatic rings. The van der Waals surface area contributed by atoms with Crippen molar-refractivity contribution in [2.75, 3.05) is 11.9 Å². The van der Waals surface area contributed by atoms with E-state index in [1.165, 1.54) is 18.7 Å². The molecule has 0 saturated heterocycles. The molecule has 4 nitrogen and oxygen atoms in total. The molecule has 8 heteroatoms. The number of benzene rings is 2. The maximum absolute atomic E-state index is 12.7. The highest BCUT2D eigenvalue weighted by Gasteiger charge is 2.41. The smallest absolute Gasteiger partial charge is 0.331 e. The van der Waals surface area contributed by atoms with Crippen LogP contribution in [0.1, 0.15) is 25.0 Å². The molecule has 0 aromatic heterocycles. The summed E-state index contributed by atoms with van der Waals surface area (Å²) in [6.45, 7) is 3.04. The Morgan fingerprint density at radius 1 is 1.07 bits per heavy atom. The van der Waals surface area contributed by atoms with Crippen LogP contribution in [0.4, 0.5) is 18.9 Å². The number of carbonyl (C=O) groups excluding carboxylic acids is 2.